The molecule has 2 aromatic rings. The van der Waals surface area contributed by atoms with E-state index >= 15 is 0 Å². The van der Waals surface area contributed by atoms with Gasteiger partial charge in [-0.1, -0.05) is 18.2 Å². The smallest absolute Gasteiger partial charge is 0.143 e. The van der Waals surface area contributed by atoms with E-state index in [1.54, 1.807) is 30.1 Å². The molecule has 1 N–H and O–H groups in total. The molecule has 0 aliphatic heterocycles. The normalized spacial score (nSPS) is 9.72. The largest absolute Gasteiger partial charge is 0.368 e. The number of aromatic nitrogens is 1. The molecule has 2 rings (SSSR count). The zero-order chi connectivity index (χ0) is 12.6. The van der Waals surface area contributed by atoms with Crippen LogP contribution in [0.4, 0.5) is 5.82 Å². The fourth-order valence-corrected chi connectivity index (χ4v) is 2.28. The van der Waals surface area contributed by atoms with Gasteiger partial charge in [0.25, 0.3) is 0 Å². The second-order valence-electron chi connectivity index (χ2n) is 3.60. The minimum absolute atomic E-state index is 0.585. The molecule has 90 valence electrons. The summed E-state index contributed by atoms with van der Waals surface area (Å²) in [4.78, 5) is 5.40. The van der Waals surface area contributed by atoms with Gasteiger partial charge in [-0.25, -0.2) is 4.98 Å². The molecule has 4 heteroatoms. The number of hydrogen-bond donors (Lipinski definition) is 1. The molecule has 0 aliphatic rings. The SMILES string of the molecule is N#Cc1cccnc1NCCSc1ccccc1. The van der Waals surface area contributed by atoms with Crippen molar-refractivity contribution in [2.45, 2.75) is 4.90 Å². The lowest BCUT2D eigenvalue weighted by molar-refractivity contribution is 1.16. The standard InChI is InChI=1S/C14H13N3S/c15-11-12-5-4-8-16-14(12)17-9-10-18-13-6-2-1-3-7-13/h1-8H,9-10H2,(H,16,17). The highest BCUT2D eigenvalue weighted by Gasteiger charge is 2.00. The molecular weight excluding hydrogens is 242 g/mol. The Morgan fingerprint density at radius 1 is 1.17 bits per heavy atom. The highest BCUT2D eigenvalue weighted by atomic mass is 32.2. The maximum Gasteiger partial charge on any atom is 0.143 e. The molecule has 0 atom stereocenters. The number of nitrogens with zero attached hydrogens (tertiary/aromatic N) is 2. The zero-order valence-corrected chi connectivity index (χ0v) is 10.7. The Bertz CT molecular complexity index is 534. The van der Waals surface area contributed by atoms with E-state index in [0.717, 1.165) is 12.3 Å². The summed E-state index contributed by atoms with van der Waals surface area (Å²) in [7, 11) is 0. The summed E-state index contributed by atoms with van der Waals surface area (Å²) in [5.41, 5.74) is 0.585. The Labute approximate surface area is 111 Å². The summed E-state index contributed by atoms with van der Waals surface area (Å²) in [6.45, 7) is 0.783. The molecule has 3 nitrogen and oxygen atoms in total. The van der Waals surface area contributed by atoms with Crippen LogP contribution in [0.1, 0.15) is 5.56 Å². The van der Waals surface area contributed by atoms with Crippen LogP contribution < -0.4 is 5.32 Å². The van der Waals surface area contributed by atoms with Gasteiger partial charge in [-0.3, -0.25) is 0 Å². The van der Waals surface area contributed by atoms with Crippen LogP contribution in [0.3, 0.4) is 0 Å². The van der Waals surface area contributed by atoms with Crippen LogP contribution in [0.15, 0.2) is 53.6 Å². The van der Waals surface area contributed by atoms with E-state index in [9.17, 15) is 0 Å². The summed E-state index contributed by atoms with van der Waals surface area (Å²) < 4.78 is 0. The molecule has 0 spiro atoms. The quantitative estimate of drug-likeness (QED) is 0.658. The van der Waals surface area contributed by atoms with Crippen molar-refractivity contribution in [2.24, 2.45) is 0 Å². The van der Waals surface area contributed by atoms with Crippen LogP contribution in [-0.4, -0.2) is 17.3 Å². The van der Waals surface area contributed by atoms with Gasteiger partial charge in [0, 0.05) is 23.4 Å². The number of anilines is 1. The van der Waals surface area contributed by atoms with Crippen LogP contribution in [-0.2, 0) is 0 Å². The van der Waals surface area contributed by atoms with E-state index in [4.69, 9.17) is 5.26 Å². The van der Waals surface area contributed by atoms with Gasteiger partial charge in [0.15, 0.2) is 0 Å². The number of benzene rings is 1. The van der Waals surface area contributed by atoms with Crippen molar-refractivity contribution < 1.29 is 0 Å². The summed E-state index contributed by atoms with van der Waals surface area (Å²) in [6.07, 6.45) is 1.69. The van der Waals surface area contributed by atoms with Crippen LogP contribution >= 0.6 is 11.8 Å². The number of rotatable bonds is 5. The van der Waals surface area contributed by atoms with Gasteiger partial charge >= 0.3 is 0 Å². The number of thioether (sulfide) groups is 1. The van der Waals surface area contributed by atoms with Gasteiger partial charge in [0.05, 0.1) is 5.56 Å². The van der Waals surface area contributed by atoms with Crippen molar-refractivity contribution in [2.75, 3.05) is 17.6 Å². The van der Waals surface area contributed by atoms with Crippen molar-refractivity contribution in [3.05, 3.63) is 54.2 Å². The topological polar surface area (TPSA) is 48.7 Å². The molecule has 0 amide bonds. The van der Waals surface area contributed by atoms with Gasteiger partial charge in [0.2, 0.25) is 0 Å². The molecule has 0 saturated heterocycles. The zero-order valence-electron chi connectivity index (χ0n) is 9.84. The second-order valence-corrected chi connectivity index (χ2v) is 4.77. The Balaban J connectivity index is 1.81. The molecular formula is C14H13N3S. The summed E-state index contributed by atoms with van der Waals surface area (Å²) in [5.74, 6) is 1.60. The third kappa shape index (κ3) is 3.51. The highest BCUT2D eigenvalue weighted by Crippen LogP contribution is 2.17. The fourth-order valence-electron chi connectivity index (χ4n) is 1.49. The van der Waals surface area contributed by atoms with Gasteiger partial charge in [-0.2, -0.15) is 5.26 Å². The molecule has 0 radical (unpaired) electrons. The van der Waals surface area contributed by atoms with Crippen molar-refractivity contribution in [3.8, 4) is 6.07 Å². The third-order valence-electron chi connectivity index (χ3n) is 2.33. The van der Waals surface area contributed by atoms with Crippen molar-refractivity contribution >= 4 is 17.6 Å². The van der Waals surface area contributed by atoms with Crippen molar-refractivity contribution in [1.82, 2.24) is 4.98 Å². The number of nitriles is 1. The Morgan fingerprint density at radius 2 is 2.00 bits per heavy atom. The summed E-state index contributed by atoms with van der Waals surface area (Å²) >= 11 is 1.78. The number of pyridine rings is 1. The van der Waals surface area contributed by atoms with Gasteiger partial charge < -0.3 is 5.32 Å². The Morgan fingerprint density at radius 3 is 2.78 bits per heavy atom. The van der Waals surface area contributed by atoms with Crippen molar-refractivity contribution in [1.29, 1.82) is 5.26 Å². The maximum absolute atomic E-state index is 8.92. The van der Waals surface area contributed by atoms with Crippen LogP contribution in [0, 0.1) is 11.3 Å². The first-order valence-corrected chi connectivity index (χ1v) is 6.65. The van der Waals surface area contributed by atoms with Gasteiger partial charge in [-0.15, -0.1) is 11.8 Å². The predicted molar refractivity (Wildman–Crippen MR) is 74.6 cm³/mol. The van der Waals surface area contributed by atoms with E-state index in [0.29, 0.717) is 11.4 Å². The highest BCUT2D eigenvalue weighted by molar-refractivity contribution is 7.99. The fraction of sp³-hybridized carbons (Fsp3) is 0.143. The summed E-state index contributed by atoms with van der Waals surface area (Å²) in [5, 5.41) is 12.1. The van der Waals surface area contributed by atoms with E-state index in [1.807, 2.05) is 18.2 Å². The average molecular weight is 255 g/mol. The Kier molecular flexibility index (Phi) is 4.62. The lowest BCUT2D eigenvalue weighted by Gasteiger charge is -2.06. The first-order chi connectivity index (χ1) is 8.90. The number of hydrogen-bond acceptors (Lipinski definition) is 4. The molecule has 1 aromatic heterocycles. The first-order valence-electron chi connectivity index (χ1n) is 5.67. The van der Waals surface area contributed by atoms with Crippen LogP contribution in [0.25, 0.3) is 0 Å². The van der Waals surface area contributed by atoms with Gasteiger partial charge in [0.1, 0.15) is 11.9 Å². The lowest BCUT2D eigenvalue weighted by Crippen LogP contribution is -2.06. The third-order valence-corrected chi connectivity index (χ3v) is 3.35. The van der Waals surface area contributed by atoms with E-state index < -0.39 is 0 Å². The minimum Gasteiger partial charge on any atom is -0.368 e. The monoisotopic (exact) mass is 255 g/mol. The van der Waals surface area contributed by atoms with E-state index in [1.165, 1.54) is 4.90 Å². The molecule has 0 fully saturated rings. The van der Waals surface area contributed by atoms with E-state index in [-0.39, 0.29) is 0 Å². The number of nitrogens with one attached hydrogen (secondary N) is 1. The average Bonchev–Trinajstić information content (AvgIpc) is 2.45. The summed E-state index contributed by atoms with van der Waals surface area (Å²) in [6, 6.07) is 15.9. The molecule has 0 aliphatic carbocycles. The molecule has 1 aromatic carbocycles. The maximum atomic E-state index is 8.92. The molecule has 1 heterocycles. The molecule has 0 unspecified atom stereocenters. The van der Waals surface area contributed by atoms with Crippen LogP contribution in [0.2, 0.25) is 0 Å². The minimum atomic E-state index is 0.585. The van der Waals surface area contributed by atoms with E-state index in [2.05, 4.69) is 28.5 Å². The first kappa shape index (κ1) is 12.5. The van der Waals surface area contributed by atoms with Crippen LogP contribution in [0.5, 0.6) is 0 Å². The molecule has 18 heavy (non-hydrogen) atoms. The second kappa shape index (κ2) is 6.67. The Hall–Kier alpha value is -1.99. The lowest BCUT2D eigenvalue weighted by atomic mass is 10.3. The predicted octanol–water partition coefficient (Wildman–Crippen LogP) is 3.16. The molecule has 0 saturated carbocycles. The van der Waals surface area contributed by atoms with Crippen molar-refractivity contribution in [3.63, 3.8) is 0 Å². The molecule has 0 bridgehead atoms. The van der Waals surface area contributed by atoms with Gasteiger partial charge in [-0.05, 0) is 24.3 Å².